The molecule has 0 saturated heterocycles. The molecule has 0 spiro atoms. The minimum atomic E-state index is -0.461. The molecule has 0 heterocycles. The molecular formula is C4H6ClNO3. The summed E-state index contributed by atoms with van der Waals surface area (Å²) in [5.74, 6) is -0.461. The van der Waals surface area contributed by atoms with E-state index >= 15 is 0 Å². The van der Waals surface area contributed by atoms with Gasteiger partial charge in [0.25, 0.3) is 0 Å². The number of nitrogens with zero attached hydrogens (tertiary/aromatic N) is 1. The first-order chi connectivity index (χ1) is 4.16. The van der Waals surface area contributed by atoms with E-state index in [1.54, 1.807) is 0 Å². The normalized spacial score (nSPS) is 11.1. The molecule has 0 radical (unpaired) electrons. The summed E-state index contributed by atoms with van der Waals surface area (Å²) in [5.41, 5.74) is 0. The van der Waals surface area contributed by atoms with Gasteiger partial charge in [-0.1, -0.05) is 16.8 Å². The second kappa shape index (κ2) is 4.14. The molecule has 0 fully saturated rings. The average Bonchev–Trinajstić information content (AvgIpc) is 1.83. The van der Waals surface area contributed by atoms with Crippen molar-refractivity contribution < 1.29 is 14.7 Å². The second-order valence-corrected chi connectivity index (χ2v) is 1.69. The van der Waals surface area contributed by atoms with Crippen molar-refractivity contribution in [1.82, 2.24) is 0 Å². The number of carbonyl (C=O) groups is 1. The Hall–Kier alpha value is -0.770. The van der Waals surface area contributed by atoms with Crippen LogP contribution in [0, 0.1) is 0 Å². The largest absolute Gasteiger partial charge is 0.458 e. The minimum absolute atomic E-state index is 0.148. The summed E-state index contributed by atoms with van der Waals surface area (Å²) in [6.45, 7) is 1.06. The Morgan fingerprint density at radius 3 is 2.78 bits per heavy atom. The molecule has 5 heteroatoms. The summed E-state index contributed by atoms with van der Waals surface area (Å²) in [5, 5.41) is 10.3. The lowest BCUT2D eigenvalue weighted by atomic mass is 10.7. The summed E-state index contributed by atoms with van der Waals surface area (Å²) >= 11 is 5.13. The Morgan fingerprint density at radius 1 is 1.89 bits per heavy atom. The average molecular weight is 152 g/mol. The standard InChI is InChI=1S/C4H6ClNO3/c1-3(7)9-2-4(5)6-8/h8H,2H2,1H3. The molecule has 1 N–H and O–H groups in total. The molecule has 0 unspecified atom stereocenters. The van der Waals surface area contributed by atoms with Crippen molar-refractivity contribution in [3.8, 4) is 0 Å². The van der Waals surface area contributed by atoms with Gasteiger partial charge in [0.05, 0.1) is 0 Å². The summed E-state index contributed by atoms with van der Waals surface area (Å²) in [6, 6.07) is 0. The van der Waals surface area contributed by atoms with Crippen LogP contribution in [0.25, 0.3) is 0 Å². The van der Waals surface area contributed by atoms with Crippen LogP contribution >= 0.6 is 11.6 Å². The van der Waals surface area contributed by atoms with E-state index in [1.165, 1.54) is 6.92 Å². The number of hydrogen-bond donors (Lipinski definition) is 1. The third-order valence-corrected chi connectivity index (χ3v) is 0.688. The van der Waals surface area contributed by atoms with Crippen molar-refractivity contribution in [3.63, 3.8) is 0 Å². The molecule has 4 nitrogen and oxygen atoms in total. The van der Waals surface area contributed by atoms with Crippen LogP contribution < -0.4 is 0 Å². The Morgan fingerprint density at radius 2 is 2.44 bits per heavy atom. The molecule has 0 saturated carbocycles. The molecule has 0 bridgehead atoms. The molecule has 0 atom stereocenters. The van der Waals surface area contributed by atoms with Gasteiger partial charge in [-0.3, -0.25) is 4.79 Å². The highest BCUT2D eigenvalue weighted by Crippen LogP contribution is 1.85. The summed E-state index contributed by atoms with van der Waals surface area (Å²) in [6.07, 6.45) is 0. The maximum absolute atomic E-state index is 10.0. The molecule has 0 aliphatic carbocycles. The fourth-order valence-electron chi connectivity index (χ4n) is 0.190. The third kappa shape index (κ3) is 5.10. The van der Waals surface area contributed by atoms with Gasteiger partial charge in [-0.25, -0.2) is 0 Å². The Balaban J connectivity index is 3.39. The molecule has 0 aromatic heterocycles. The lowest BCUT2D eigenvalue weighted by Crippen LogP contribution is -2.06. The monoisotopic (exact) mass is 151 g/mol. The zero-order valence-electron chi connectivity index (χ0n) is 4.80. The van der Waals surface area contributed by atoms with E-state index in [9.17, 15) is 4.79 Å². The Labute approximate surface area is 57.1 Å². The highest BCUT2D eigenvalue weighted by Gasteiger charge is 1.96. The molecule has 52 valence electrons. The van der Waals surface area contributed by atoms with Crippen LogP contribution in [0.3, 0.4) is 0 Å². The van der Waals surface area contributed by atoms with Crippen LogP contribution in [0.4, 0.5) is 0 Å². The number of rotatable bonds is 2. The van der Waals surface area contributed by atoms with E-state index in [0.717, 1.165) is 0 Å². The SMILES string of the molecule is CC(=O)OCC(Cl)=NO. The maximum Gasteiger partial charge on any atom is 0.303 e. The van der Waals surface area contributed by atoms with Crippen LogP contribution in [-0.4, -0.2) is 23.0 Å². The fourth-order valence-corrected chi connectivity index (χ4v) is 0.245. The van der Waals surface area contributed by atoms with Crippen molar-refractivity contribution in [2.45, 2.75) is 6.92 Å². The van der Waals surface area contributed by atoms with Gasteiger partial charge in [0.2, 0.25) is 0 Å². The van der Waals surface area contributed by atoms with E-state index in [4.69, 9.17) is 16.8 Å². The van der Waals surface area contributed by atoms with E-state index in [-0.39, 0.29) is 11.8 Å². The lowest BCUT2D eigenvalue weighted by Gasteiger charge is -1.95. The third-order valence-electron chi connectivity index (χ3n) is 0.503. The van der Waals surface area contributed by atoms with Gasteiger partial charge in [-0.15, -0.1) is 0 Å². The van der Waals surface area contributed by atoms with Crippen molar-refractivity contribution in [2.24, 2.45) is 5.16 Å². The molecule has 0 rings (SSSR count). The van der Waals surface area contributed by atoms with Crippen molar-refractivity contribution in [3.05, 3.63) is 0 Å². The first-order valence-electron chi connectivity index (χ1n) is 2.16. The number of hydrogen-bond acceptors (Lipinski definition) is 4. The fraction of sp³-hybridized carbons (Fsp3) is 0.500. The second-order valence-electron chi connectivity index (χ2n) is 1.26. The van der Waals surface area contributed by atoms with Gasteiger partial charge in [-0.05, 0) is 0 Å². The van der Waals surface area contributed by atoms with Crippen molar-refractivity contribution in [2.75, 3.05) is 6.61 Å². The van der Waals surface area contributed by atoms with Gasteiger partial charge in [0, 0.05) is 6.92 Å². The van der Waals surface area contributed by atoms with Crippen LogP contribution in [0.2, 0.25) is 0 Å². The first kappa shape index (κ1) is 8.23. The van der Waals surface area contributed by atoms with Gasteiger partial charge in [0.15, 0.2) is 5.17 Å². The first-order valence-corrected chi connectivity index (χ1v) is 2.54. The van der Waals surface area contributed by atoms with Crippen molar-refractivity contribution in [1.29, 1.82) is 0 Å². The van der Waals surface area contributed by atoms with Crippen molar-refractivity contribution >= 4 is 22.7 Å². The number of halogens is 1. The summed E-state index contributed by atoms with van der Waals surface area (Å²) in [7, 11) is 0. The number of carbonyl (C=O) groups excluding carboxylic acids is 1. The Bertz CT molecular complexity index is 134. The van der Waals surface area contributed by atoms with E-state index in [1.807, 2.05) is 0 Å². The molecule has 0 aliphatic heterocycles. The molecule has 9 heavy (non-hydrogen) atoms. The molecule has 0 aromatic carbocycles. The van der Waals surface area contributed by atoms with Crippen LogP contribution in [0.5, 0.6) is 0 Å². The van der Waals surface area contributed by atoms with Gasteiger partial charge < -0.3 is 9.94 Å². The zero-order valence-corrected chi connectivity index (χ0v) is 5.55. The molecule has 0 amide bonds. The quantitative estimate of drug-likeness (QED) is 0.272. The molecule has 0 aliphatic rings. The predicted molar refractivity (Wildman–Crippen MR) is 31.7 cm³/mol. The molecular weight excluding hydrogens is 146 g/mol. The van der Waals surface area contributed by atoms with Crippen LogP contribution in [0.1, 0.15) is 6.92 Å². The van der Waals surface area contributed by atoms with Gasteiger partial charge >= 0.3 is 5.97 Å². The predicted octanol–water partition coefficient (Wildman–Crippen LogP) is 0.576. The highest BCUT2D eigenvalue weighted by atomic mass is 35.5. The summed E-state index contributed by atoms with van der Waals surface area (Å²) in [4.78, 5) is 10.0. The smallest absolute Gasteiger partial charge is 0.303 e. The number of esters is 1. The van der Waals surface area contributed by atoms with E-state index in [0.29, 0.717) is 0 Å². The van der Waals surface area contributed by atoms with Crippen LogP contribution in [0.15, 0.2) is 5.16 Å². The zero-order chi connectivity index (χ0) is 7.28. The van der Waals surface area contributed by atoms with E-state index in [2.05, 4.69) is 9.89 Å². The van der Waals surface area contributed by atoms with Gasteiger partial charge in [0.1, 0.15) is 6.61 Å². The lowest BCUT2D eigenvalue weighted by molar-refractivity contribution is -0.139. The molecule has 0 aromatic rings. The topological polar surface area (TPSA) is 58.9 Å². The maximum atomic E-state index is 10.0. The minimum Gasteiger partial charge on any atom is -0.458 e. The Kier molecular flexibility index (Phi) is 3.79. The highest BCUT2D eigenvalue weighted by molar-refractivity contribution is 6.65. The summed E-state index contributed by atoms with van der Waals surface area (Å²) < 4.78 is 4.33. The van der Waals surface area contributed by atoms with Gasteiger partial charge in [-0.2, -0.15) is 0 Å². The van der Waals surface area contributed by atoms with Crippen LogP contribution in [-0.2, 0) is 9.53 Å². The van der Waals surface area contributed by atoms with E-state index < -0.39 is 5.97 Å². The number of oxime groups is 1. The number of ether oxygens (including phenoxy) is 1.